The van der Waals surface area contributed by atoms with Crippen LogP contribution < -0.4 is 0 Å². The molecule has 1 N–H and O–H groups in total. The highest BCUT2D eigenvalue weighted by atomic mass is 79.9. The van der Waals surface area contributed by atoms with Gasteiger partial charge in [-0.1, -0.05) is 13.3 Å². The molecule has 1 rings (SSSR count). The van der Waals surface area contributed by atoms with Gasteiger partial charge in [0.05, 0.1) is 5.60 Å². The minimum Gasteiger partial charge on any atom is -0.385 e. The Morgan fingerprint density at radius 2 is 2.33 bits per heavy atom. The zero-order chi connectivity index (χ0) is 9.19. The molecule has 1 unspecified atom stereocenters. The van der Waals surface area contributed by atoms with Gasteiger partial charge in [0.25, 0.3) is 0 Å². The number of hydrogen-bond acceptors (Lipinski definition) is 2. The van der Waals surface area contributed by atoms with E-state index in [0.717, 1.165) is 22.2 Å². The number of rotatable bonds is 3. The van der Waals surface area contributed by atoms with Crippen LogP contribution >= 0.6 is 27.3 Å². The number of thiophene rings is 1. The van der Waals surface area contributed by atoms with Crippen molar-refractivity contribution in [3.8, 4) is 0 Å². The SMILES string of the molecule is CCCC(C)(O)c1sccc1Br. The molecule has 0 aliphatic heterocycles. The summed E-state index contributed by atoms with van der Waals surface area (Å²) in [6.07, 6.45) is 1.81. The van der Waals surface area contributed by atoms with Gasteiger partial charge in [0.2, 0.25) is 0 Å². The predicted molar refractivity (Wildman–Crippen MR) is 56.5 cm³/mol. The first-order valence-electron chi connectivity index (χ1n) is 4.04. The third-order valence-electron chi connectivity index (χ3n) is 1.84. The predicted octanol–water partition coefficient (Wildman–Crippen LogP) is 3.52. The Morgan fingerprint density at radius 1 is 1.67 bits per heavy atom. The highest BCUT2D eigenvalue weighted by molar-refractivity contribution is 9.10. The van der Waals surface area contributed by atoms with Gasteiger partial charge in [-0.3, -0.25) is 0 Å². The van der Waals surface area contributed by atoms with E-state index in [-0.39, 0.29) is 0 Å². The molecule has 0 fully saturated rings. The van der Waals surface area contributed by atoms with Crippen molar-refractivity contribution >= 4 is 27.3 Å². The molecule has 0 radical (unpaired) electrons. The van der Waals surface area contributed by atoms with Crippen LogP contribution in [0.5, 0.6) is 0 Å². The molecule has 68 valence electrons. The van der Waals surface area contributed by atoms with Crippen molar-refractivity contribution in [1.82, 2.24) is 0 Å². The Hall–Kier alpha value is 0.140. The highest BCUT2D eigenvalue weighted by Crippen LogP contribution is 2.35. The first-order chi connectivity index (χ1) is 5.58. The van der Waals surface area contributed by atoms with E-state index in [1.54, 1.807) is 11.3 Å². The molecule has 0 bridgehead atoms. The van der Waals surface area contributed by atoms with Gasteiger partial charge in [0, 0.05) is 9.35 Å². The zero-order valence-corrected chi connectivity index (χ0v) is 9.70. The van der Waals surface area contributed by atoms with Gasteiger partial charge in [-0.2, -0.15) is 0 Å². The lowest BCUT2D eigenvalue weighted by Gasteiger charge is -2.21. The van der Waals surface area contributed by atoms with Crippen LogP contribution in [0.2, 0.25) is 0 Å². The summed E-state index contributed by atoms with van der Waals surface area (Å²) in [6.45, 7) is 3.95. The van der Waals surface area contributed by atoms with Crippen LogP contribution in [0.25, 0.3) is 0 Å². The quantitative estimate of drug-likeness (QED) is 0.868. The summed E-state index contributed by atoms with van der Waals surface area (Å²) < 4.78 is 1.02. The highest BCUT2D eigenvalue weighted by Gasteiger charge is 2.25. The molecular formula is C9H13BrOS. The first kappa shape index (κ1) is 10.2. The van der Waals surface area contributed by atoms with Gasteiger partial charge >= 0.3 is 0 Å². The molecule has 1 aromatic rings. The Morgan fingerprint density at radius 3 is 2.75 bits per heavy atom. The van der Waals surface area contributed by atoms with E-state index in [0.29, 0.717) is 0 Å². The average Bonchev–Trinajstić information content (AvgIpc) is 2.35. The maximum atomic E-state index is 10.0. The largest absolute Gasteiger partial charge is 0.385 e. The van der Waals surface area contributed by atoms with Gasteiger partial charge in [0.15, 0.2) is 0 Å². The minimum atomic E-state index is -0.665. The van der Waals surface area contributed by atoms with E-state index in [9.17, 15) is 5.11 Å². The molecular weight excluding hydrogens is 236 g/mol. The molecule has 0 saturated heterocycles. The van der Waals surface area contributed by atoms with Crippen molar-refractivity contribution in [2.75, 3.05) is 0 Å². The van der Waals surface area contributed by atoms with E-state index in [4.69, 9.17) is 0 Å². The van der Waals surface area contributed by atoms with Crippen molar-refractivity contribution in [3.05, 3.63) is 20.8 Å². The molecule has 3 heteroatoms. The monoisotopic (exact) mass is 248 g/mol. The van der Waals surface area contributed by atoms with Gasteiger partial charge in [-0.25, -0.2) is 0 Å². The van der Waals surface area contributed by atoms with Crippen LogP contribution in [-0.2, 0) is 5.60 Å². The average molecular weight is 249 g/mol. The number of halogens is 1. The Labute approximate surface area is 85.6 Å². The molecule has 0 aliphatic carbocycles. The van der Waals surface area contributed by atoms with Crippen molar-refractivity contribution in [2.24, 2.45) is 0 Å². The summed E-state index contributed by atoms with van der Waals surface area (Å²) in [7, 11) is 0. The summed E-state index contributed by atoms with van der Waals surface area (Å²) in [5.74, 6) is 0. The molecule has 1 heterocycles. The molecule has 0 amide bonds. The standard InChI is InChI=1S/C9H13BrOS/c1-3-5-9(2,11)8-7(10)4-6-12-8/h4,6,11H,3,5H2,1-2H3. The lowest BCUT2D eigenvalue weighted by molar-refractivity contribution is 0.0501. The summed E-state index contributed by atoms with van der Waals surface area (Å²) in [5.41, 5.74) is -0.665. The fourth-order valence-corrected chi connectivity index (χ4v) is 3.17. The molecule has 0 spiro atoms. The fourth-order valence-electron chi connectivity index (χ4n) is 1.28. The fraction of sp³-hybridized carbons (Fsp3) is 0.556. The second kappa shape index (κ2) is 3.90. The zero-order valence-electron chi connectivity index (χ0n) is 7.30. The summed E-state index contributed by atoms with van der Waals surface area (Å²) in [6, 6.07) is 1.98. The smallest absolute Gasteiger partial charge is 0.0971 e. The van der Waals surface area contributed by atoms with Crippen molar-refractivity contribution < 1.29 is 5.11 Å². The first-order valence-corrected chi connectivity index (χ1v) is 5.71. The van der Waals surface area contributed by atoms with Crippen LogP contribution in [-0.4, -0.2) is 5.11 Å². The molecule has 0 saturated carbocycles. The van der Waals surface area contributed by atoms with Gasteiger partial charge in [-0.15, -0.1) is 11.3 Å². The second-order valence-corrected chi connectivity index (χ2v) is 4.89. The van der Waals surface area contributed by atoms with Gasteiger partial charge in [-0.05, 0) is 40.7 Å². The van der Waals surface area contributed by atoms with Gasteiger partial charge in [0.1, 0.15) is 0 Å². The maximum Gasteiger partial charge on any atom is 0.0971 e. The van der Waals surface area contributed by atoms with Crippen molar-refractivity contribution in [3.63, 3.8) is 0 Å². The lowest BCUT2D eigenvalue weighted by atomic mass is 9.99. The van der Waals surface area contributed by atoms with E-state index < -0.39 is 5.60 Å². The minimum absolute atomic E-state index is 0.665. The van der Waals surface area contributed by atoms with E-state index in [1.165, 1.54) is 0 Å². The lowest BCUT2D eigenvalue weighted by Crippen LogP contribution is -2.19. The number of aliphatic hydroxyl groups is 1. The second-order valence-electron chi connectivity index (χ2n) is 3.12. The maximum absolute atomic E-state index is 10.0. The Bertz CT molecular complexity index is 255. The molecule has 1 nitrogen and oxygen atoms in total. The third-order valence-corrected chi connectivity index (χ3v) is 3.93. The molecule has 0 aromatic carbocycles. The Balaban J connectivity index is 2.88. The van der Waals surface area contributed by atoms with Crippen LogP contribution in [0.4, 0.5) is 0 Å². The third kappa shape index (κ3) is 2.09. The van der Waals surface area contributed by atoms with Crippen molar-refractivity contribution in [1.29, 1.82) is 0 Å². The van der Waals surface area contributed by atoms with E-state index in [1.807, 2.05) is 18.4 Å². The molecule has 1 aromatic heterocycles. The topological polar surface area (TPSA) is 20.2 Å². The summed E-state index contributed by atoms with van der Waals surface area (Å²) in [4.78, 5) is 1.03. The molecule has 1 atom stereocenters. The van der Waals surface area contributed by atoms with E-state index in [2.05, 4.69) is 22.9 Å². The normalized spacial score (nSPS) is 16.0. The summed E-state index contributed by atoms with van der Waals surface area (Å²) in [5, 5.41) is 12.0. The molecule has 12 heavy (non-hydrogen) atoms. The van der Waals surface area contributed by atoms with Crippen LogP contribution in [0.1, 0.15) is 31.6 Å². The van der Waals surface area contributed by atoms with Crippen molar-refractivity contribution in [2.45, 2.75) is 32.3 Å². The van der Waals surface area contributed by atoms with Crippen LogP contribution in [0, 0.1) is 0 Å². The number of hydrogen-bond donors (Lipinski definition) is 1. The van der Waals surface area contributed by atoms with Gasteiger partial charge < -0.3 is 5.11 Å². The molecule has 0 aliphatic rings. The van der Waals surface area contributed by atoms with E-state index >= 15 is 0 Å². The van der Waals surface area contributed by atoms with Crippen LogP contribution in [0.15, 0.2) is 15.9 Å². The summed E-state index contributed by atoms with van der Waals surface area (Å²) >= 11 is 5.02. The van der Waals surface area contributed by atoms with Crippen LogP contribution in [0.3, 0.4) is 0 Å². The Kier molecular flexibility index (Phi) is 3.32.